The van der Waals surface area contributed by atoms with Crippen LogP contribution in [0.1, 0.15) is 90.5 Å². The van der Waals surface area contributed by atoms with Crippen molar-refractivity contribution in [2.75, 3.05) is 32.6 Å². The van der Waals surface area contributed by atoms with Gasteiger partial charge >= 0.3 is 18.0 Å². The zero-order valence-corrected chi connectivity index (χ0v) is 33.9. The number of benzene rings is 2. The molecule has 0 spiro atoms. The first-order chi connectivity index (χ1) is 27.0. The highest BCUT2D eigenvalue weighted by Gasteiger charge is 2.67. The van der Waals surface area contributed by atoms with Crippen LogP contribution in [0.3, 0.4) is 0 Å². The number of nitrogens with zero attached hydrogens (tertiary/aromatic N) is 1. The predicted molar refractivity (Wildman–Crippen MR) is 215 cm³/mol. The number of carbonyl (C=O) groups excluding carboxylic acids is 3. The third-order valence-corrected chi connectivity index (χ3v) is 14.8. The third kappa shape index (κ3) is 8.23. The van der Waals surface area contributed by atoms with Gasteiger partial charge in [-0.1, -0.05) is 51.1 Å². The topological polar surface area (TPSA) is 137 Å². The lowest BCUT2D eigenvalue weighted by atomic mass is 9.43. The monoisotopic (exact) mass is 770 g/mol. The number of para-hydroxylation sites is 1. The smallest absolute Gasteiger partial charge is 0.411 e. The number of nitrogens with one attached hydrogen (secondary N) is 3. The van der Waals surface area contributed by atoms with Crippen molar-refractivity contribution in [1.82, 2.24) is 10.6 Å². The molecule has 7 rings (SSSR count). The van der Waals surface area contributed by atoms with Crippen molar-refractivity contribution in [3.8, 4) is 5.75 Å². The molecule has 11 heteroatoms. The summed E-state index contributed by atoms with van der Waals surface area (Å²) in [6.07, 6.45) is 7.65. The summed E-state index contributed by atoms with van der Waals surface area (Å²) >= 11 is 0. The van der Waals surface area contributed by atoms with Gasteiger partial charge in [0.1, 0.15) is 18.0 Å². The average molecular weight is 771 g/mol. The maximum Gasteiger partial charge on any atom is 0.411 e. The quantitative estimate of drug-likeness (QED) is 0.156. The molecule has 2 aromatic carbocycles. The molecule has 4 saturated carbocycles. The van der Waals surface area contributed by atoms with Gasteiger partial charge in [-0.2, -0.15) is 0 Å². The Labute approximate surface area is 332 Å². The molecule has 11 nitrogen and oxygen atoms in total. The van der Waals surface area contributed by atoms with Gasteiger partial charge in [-0.05, 0) is 123 Å². The van der Waals surface area contributed by atoms with Gasteiger partial charge in [-0.25, -0.2) is 4.79 Å². The molecular weight excluding hydrogens is 709 g/mol. The highest BCUT2D eigenvalue weighted by molar-refractivity contribution is 5.84. The Morgan fingerprint density at radius 2 is 1.71 bits per heavy atom. The first-order valence-electron chi connectivity index (χ1n) is 21.0. The molecule has 4 fully saturated rings. The first kappa shape index (κ1) is 39.9. The van der Waals surface area contributed by atoms with E-state index in [0.29, 0.717) is 30.9 Å². The van der Waals surface area contributed by atoms with Crippen LogP contribution in [0.5, 0.6) is 5.75 Å². The minimum Gasteiger partial charge on any atom is -0.497 e. The highest BCUT2D eigenvalue weighted by atomic mass is 16.6. The lowest BCUT2D eigenvalue weighted by Gasteiger charge is -2.64. The molecule has 304 valence electrons. The van der Waals surface area contributed by atoms with Crippen LogP contribution < -0.4 is 20.7 Å². The van der Waals surface area contributed by atoms with E-state index in [1.54, 1.807) is 7.11 Å². The van der Waals surface area contributed by atoms with E-state index >= 15 is 0 Å². The number of amides is 1. The summed E-state index contributed by atoms with van der Waals surface area (Å²) < 4.78 is 23.8. The number of carbonyl (C=O) groups is 3. The number of hydrogen-bond acceptors (Lipinski definition) is 10. The van der Waals surface area contributed by atoms with Gasteiger partial charge in [0, 0.05) is 42.6 Å². The first-order valence-corrected chi connectivity index (χ1v) is 21.0. The minimum atomic E-state index is -0.443. The summed E-state index contributed by atoms with van der Waals surface area (Å²) in [5, 5.41) is 10.2. The maximum atomic E-state index is 14.0. The van der Waals surface area contributed by atoms with Crippen LogP contribution in [0, 0.1) is 46.3 Å². The van der Waals surface area contributed by atoms with E-state index in [1.165, 1.54) is 7.11 Å². The van der Waals surface area contributed by atoms with Crippen LogP contribution in [0.25, 0.3) is 0 Å². The van der Waals surface area contributed by atoms with E-state index in [-0.39, 0.29) is 71.6 Å². The van der Waals surface area contributed by atoms with Crippen molar-refractivity contribution in [2.24, 2.45) is 51.3 Å². The molecule has 4 aliphatic carbocycles. The van der Waals surface area contributed by atoms with Crippen molar-refractivity contribution >= 4 is 29.7 Å². The maximum absolute atomic E-state index is 14.0. The van der Waals surface area contributed by atoms with Gasteiger partial charge in [-0.3, -0.25) is 19.9 Å². The number of guanidine groups is 1. The fourth-order valence-corrected chi connectivity index (χ4v) is 11.9. The Bertz CT molecular complexity index is 1720. The Kier molecular flexibility index (Phi) is 12.2. The molecule has 11 atom stereocenters. The number of fused-ring (bicyclic) bond motifs is 5. The summed E-state index contributed by atoms with van der Waals surface area (Å²) in [5.41, 5.74) is 1.16. The second-order valence-electron chi connectivity index (χ2n) is 17.7. The number of esters is 2. The summed E-state index contributed by atoms with van der Waals surface area (Å²) in [6, 6.07) is 17.3. The van der Waals surface area contributed by atoms with Gasteiger partial charge in [0.2, 0.25) is 0 Å². The van der Waals surface area contributed by atoms with Crippen molar-refractivity contribution in [3.05, 3.63) is 60.2 Å². The molecule has 0 bridgehead atoms. The van der Waals surface area contributed by atoms with Crippen molar-refractivity contribution in [1.29, 1.82) is 0 Å². The van der Waals surface area contributed by atoms with Crippen LogP contribution in [0.4, 0.5) is 10.5 Å². The Balaban J connectivity index is 1.21. The minimum absolute atomic E-state index is 0.0308. The molecule has 0 aromatic heterocycles. The molecule has 1 aliphatic heterocycles. The normalized spacial score (nSPS) is 33.8. The molecule has 5 aliphatic rings. The summed E-state index contributed by atoms with van der Waals surface area (Å²) in [5.74, 6) is 2.39. The molecule has 56 heavy (non-hydrogen) atoms. The van der Waals surface area contributed by atoms with Gasteiger partial charge in [-0.15, -0.1) is 0 Å². The number of rotatable bonds is 11. The largest absolute Gasteiger partial charge is 0.497 e. The second kappa shape index (κ2) is 17.1. The van der Waals surface area contributed by atoms with Crippen LogP contribution in [0.15, 0.2) is 59.6 Å². The fraction of sp³-hybridized carbons (Fsp3) is 0.644. The van der Waals surface area contributed by atoms with Crippen LogP contribution >= 0.6 is 0 Å². The number of methoxy groups -OCH3 is 2. The van der Waals surface area contributed by atoms with Gasteiger partial charge in [0.15, 0.2) is 5.96 Å². The Morgan fingerprint density at radius 1 is 0.929 bits per heavy atom. The number of ether oxygens (including phenoxy) is 4. The van der Waals surface area contributed by atoms with Gasteiger partial charge in [0.25, 0.3) is 0 Å². The van der Waals surface area contributed by atoms with Crippen molar-refractivity contribution in [2.45, 2.75) is 110 Å². The second-order valence-corrected chi connectivity index (χ2v) is 17.7. The van der Waals surface area contributed by atoms with E-state index < -0.39 is 11.5 Å². The summed E-state index contributed by atoms with van der Waals surface area (Å²) in [4.78, 5) is 44.8. The summed E-state index contributed by atoms with van der Waals surface area (Å²) in [7, 11) is 3.08. The summed E-state index contributed by atoms with van der Waals surface area (Å²) in [6.45, 7) is 8.79. The van der Waals surface area contributed by atoms with E-state index in [4.69, 9.17) is 23.9 Å². The average Bonchev–Trinajstić information content (AvgIpc) is 3.56. The third-order valence-electron chi connectivity index (χ3n) is 14.8. The van der Waals surface area contributed by atoms with Crippen LogP contribution in [0.2, 0.25) is 0 Å². The van der Waals surface area contributed by atoms with Crippen LogP contribution in [-0.4, -0.2) is 69.6 Å². The Hall–Kier alpha value is -4.28. The molecule has 1 amide bonds. The lowest BCUT2D eigenvalue weighted by molar-refractivity contribution is -0.212. The standard InChI is InChI=1S/C45H62N4O7/c1-28(12-19-39(50)54-5)34-17-18-35-41-36(27-38(45(34,35)3)56-43(52)49-31-10-7-6-8-11-31)44(2)21-20-32(48-42-46-22-9-23-47-42)25-30(44)26-37(41)55-40(51)24-29-13-15-33(53-4)16-14-29/h6-8,10-11,13-16,28,30,32,34-38,41H,9,12,17-27H2,1-5H3,(H,49,52)(H2,46,47,48)/t28-,30+,32-,34-,35+,36+,37-,38+,41+,44+,45-/m1/s1. The molecule has 1 heterocycles. The van der Waals surface area contributed by atoms with E-state index in [0.717, 1.165) is 75.3 Å². The predicted octanol–water partition coefficient (Wildman–Crippen LogP) is 7.54. The fourth-order valence-electron chi connectivity index (χ4n) is 11.9. The lowest BCUT2D eigenvalue weighted by Crippen LogP contribution is -2.64. The van der Waals surface area contributed by atoms with Gasteiger partial charge in [0.05, 0.1) is 20.6 Å². The molecule has 0 saturated heterocycles. The molecule has 3 N–H and O–H groups in total. The molecule has 2 aromatic rings. The molecular formula is C45H62N4O7. The van der Waals surface area contributed by atoms with Crippen molar-refractivity contribution in [3.63, 3.8) is 0 Å². The SMILES string of the molecule is COC(=O)CC[C@@H](C)[C@H]1CC[C@H]2[C@@H]3[C@H](OC(=O)Cc4ccc(OC)cc4)C[C@@H]4C[C@H](NC5=NCCCN5)CC[C@]4(C)[C@H]3C[C@H](OC(=O)Nc3ccccc3)[C@]12C. The highest BCUT2D eigenvalue weighted by Crippen LogP contribution is 2.69. The molecule has 0 radical (unpaired) electrons. The van der Waals surface area contributed by atoms with Crippen molar-refractivity contribution < 1.29 is 33.3 Å². The zero-order valence-electron chi connectivity index (χ0n) is 33.9. The number of hydrogen-bond donors (Lipinski definition) is 3. The van der Waals surface area contributed by atoms with Gasteiger partial charge < -0.3 is 29.6 Å². The molecule has 0 unspecified atom stereocenters. The number of anilines is 1. The number of aliphatic imine (C=N–C) groups is 1. The Morgan fingerprint density at radius 3 is 2.43 bits per heavy atom. The van der Waals surface area contributed by atoms with E-state index in [2.05, 4.69) is 36.7 Å². The van der Waals surface area contributed by atoms with E-state index in [9.17, 15) is 14.4 Å². The van der Waals surface area contributed by atoms with E-state index in [1.807, 2.05) is 54.6 Å². The van der Waals surface area contributed by atoms with Crippen LogP contribution in [-0.2, 0) is 30.2 Å². The zero-order chi connectivity index (χ0) is 39.5.